The van der Waals surface area contributed by atoms with Gasteiger partial charge in [-0.1, -0.05) is 87.8 Å². The van der Waals surface area contributed by atoms with Crippen LogP contribution < -0.4 is 0 Å². The molecule has 2 rings (SSSR count). The maximum atomic E-state index is 3.00. The van der Waals surface area contributed by atoms with E-state index in [4.69, 9.17) is 0 Å². The van der Waals surface area contributed by atoms with Crippen LogP contribution in [0.25, 0.3) is 0 Å². The third-order valence-corrected chi connectivity index (χ3v) is 7.19. The van der Waals surface area contributed by atoms with Crippen LogP contribution in [-0.4, -0.2) is 0 Å². The lowest BCUT2D eigenvalue weighted by atomic mass is 9.49. The fourth-order valence-electron chi connectivity index (χ4n) is 5.95. The van der Waals surface area contributed by atoms with Gasteiger partial charge in [0.15, 0.2) is 0 Å². The third kappa shape index (κ3) is 6.79. The lowest BCUT2D eigenvalue weighted by Crippen LogP contribution is -2.48. The average molecular weight is 381 g/mol. The fourth-order valence-corrected chi connectivity index (χ4v) is 5.95. The van der Waals surface area contributed by atoms with Crippen molar-refractivity contribution in [3.8, 4) is 0 Å². The summed E-state index contributed by atoms with van der Waals surface area (Å²) in [6.07, 6.45) is 4.13. The van der Waals surface area contributed by atoms with Gasteiger partial charge in [-0.2, -0.15) is 0 Å². The van der Waals surface area contributed by atoms with E-state index < -0.39 is 0 Å². The quantitative estimate of drug-likeness (QED) is 0.397. The van der Waals surface area contributed by atoms with E-state index >= 15 is 0 Å². The Hall–Kier alpha value is -0.520. The predicted molar refractivity (Wildman–Crippen MR) is 130 cm³/mol. The Morgan fingerprint density at radius 2 is 1.37 bits per heavy atom. The Morgan fingerprint density at radius 3 is 1.74 bits per heavy atom. The molecule has 0 nitrogen and oxygen atoms in total. The molecule has 0 bridgehead atoms. The Bertz CT molecular complexity index is 400. The van der Waals surface area contributed by atoms with E-state index in [0.717, 1.165) is 35.5 Å². The third-order valence-electron chi connectivity index (χ3n) is 7.19. The fraction of sp³-hybridized carbons (Fsp3) is 0.852. The summed E-state index contributed by atoms with van der Waals surface area (Å²) in [5, 5.41) is 0. The second-order valence-electron chi connectivity index (χ2n) is 8.62. The molecule has 0 spiro atoms. The van der Waals surface area contributed by atoms with Crippen molar-refractivity contribution in [2.24, 2.45) is 40.9 Å². The first-order valence-electron chi connectivity index (χ1n) is 11.4. The number of hydrogen-bond donors (Lipinski definition) is 0. The summed E-state index contributed by atoms with van der Waals surface area (Å²) in [6.45, 7) is 33.7. The number of fused-ring (bicyclic) bond motifs is 1. The normalized spacial score (nSPS) is 36.8. The summed E-state index contributed by atoms with van der Waals surface area (Å²) in [7, 11) is 0. The maximum Gasteiger partial charge on any atom is -0.0111 e. The highest BCUT2D eigenvalue weighted by Gasteiger charge is 2.50. The molecule has 0 saturated heterocycles. The smallest absolute Gasteiger partial charge is 0.0111 e. The van der Waals surface area contributed by atoms with Crippen molar-refractivity contribution in [2.45, 2.75) is 110 Å². The molecule has 27 heavy (non-hydrogen) atoms. The Morgan fingerprint density at radius 1 is 0.926 bits per heavy atom. The molecule has 2 fully saturated rings. The van der Waals surface area contributed by atoms with Gasteiger partial charge >= 0.3 is 0 Å². The number of rotatable bonds is 1. The van der Waals surface area contributed by atoms with Crippen LogP contribution in [0.3, 0.4) is 0 Å². The van der Waals surface area contributed by atoms with Gasteiger partial charge in [-0.15, -0.1) is 13.2 Å². The second kappa shape index (κ2) is 14.5. The van der Waals surface area contributed by atoms with Crippen LogP contribution in [0.4, 0.5) is 0 Å². The summed E-state index contributed by atoms with van der Waals surface area (Å²) in [4.78, 5) is 0. The molecule has 2 aliphatic rings. The summed E-state index contributed by atoms with van der Waals surface area (Å²) in [6, 6.07) is 0. The van der Waals surface area contributed by atoms with Gasteiger partial charge in [0.1, 0.15) is 0 Å². The first-order valence-corrected chi connectivity index (χ1v) is 11.4. The Balaban J connectivity index is -0.000000749. The Kier molecular flexibility index (Phi) is 16.7. The highest BCUT2D eigenvalue weighted by Crippen LogP contribution is 2.59. The lowest BCUT2D eigenvalue weighted by molar-refractivity contribution is -0.00602. The van der Waals surface area contributed by atoms with Crippen molar-refractivity contribution in [2.75, 3.05) is 0 Å². The van der Waals surface area contributed by atoms with Crippen LogP contribution in [0.5, 0.6) is 0 Å². The minimum absolute atomic E-state index is 0. The molecule has 0 aromatic rings. The van der Waals surface area contributed by atoms with Crippen LogP contribution in [0.2, 0.25) is 0 Å². The van der Waals surface area contributed by atoms with Crippen molar-refractivity contribution >= 4 is 0 Å². The molecule has 7 atom stereocenters. The molecular weight excluding hydrogens is 324 g/mol. The molecule has 0 aromatic carbocycles. The van der Waals surface area contributed by atoms with E-state index in [1.165, 1.54) is 19.3 Å². The molecule has 0 aromatic heterocycles. The largest absolute Gasteiger partial charge is 0.106 e. The molecule has 0 aliphatic heterocycles. The highest BCUT2D eigenvalue weighted by molar-refractivity contribution is 5.27. The molecule has 2 aliphatic carbocycles. The summed E-state index contributed by atoms with van der Waals surface area (Å²) in [5.74, 6) is 5.32. The van der Waals surface area contributed by atoms with Gasteiger partial charge in [0.05, 0.1) is 0 Å². The van der Waals surface area contributed by atoms with Gasteiger partial charge in [-0.25, -0.2) is 0 Å². The first-order chi connectivity index (χ1) is 12.2. The lowest BCUT2D eigenvalue weighted by Gasteiger charge is -2.56. The van der Waals surface area contributed by atoms with Crippen molar-refractivity contribution in [3.05, 3.63) is 24.3 Å². The van der Waals surface area contributed by atoms with Gasteiger partial charge in [0, 0.05) is 0 Å². The molecule has 0 radical (unpaired) electrons. The summed E-state index contributed by atoms with van der Waals surface area (Å²) >= 11 is 0. The molecule has 0 N–H and O–H groups in total. The highest BCUT2D eigenvalue weighted by atomic mass is 14.5. The monoisotopic (exact) mass is 380 g/mol. The van der Waals surface area contributed by atoms with Crippen molar-refractivity contribution in [1.82, 2.24) is 0 Å². The minimum atomic E-state index is 0. The van der Waals surface area contributed by atoms with E-state index in [1.54, 1.807) is 5.57 Å². The molecule has 7 unspecified atom stereocenters. The van der Waals surface area contributed by atoms with Gasteiger partial charge in [-0.05, 0) is 74.0 Å². The second-order valence-corrected chi connectivity index (χ2v) is 8.62. The minimum Gasteiger partial charge on any atom is -0.106 e. The van der Waals surface area contributed by atoms with Crippen LogP contribution >= 0.6 is 0 Å². The van der Waals surface area contributed by atoms with E-state index in [0.29, 0.717) is 5.41 Å². The topological polar surface area (TPSA) is 0 Å². The van der Waals surface area contributed by atoms with E-state index in [-0.39, 0.29) is 7.43 Å². The zero-order valence-corrected chi connectivity index (χ0v) is 20.5. The van der Waals surface area contributed by atoms with E-state index in [1.807, 2.05) is 33.3 Å². The van der Waals surface area contributed by atoms with E-state index in [2.05, 4.69) is 68.5 Å². The standard InChI is InChI=1S/C20H36.2C2H6.C2H4.CH4/c1-9-20(8)11-14(5)18-16(7)15(6)13(4)10-17(18)19(20)12(2)3;3*1-2;/h13-18H,9-11H2,1-8H3;2*1-2H3;1-2H2;1H4. The number of hydrogen-bond acceptors (Lipinski definition) is 0. The molecule has 164 valence electrons. The molecule has 0 amide bonds. The van der Waals surface area contributed by atoms with Gasteiger partial charge in [0.2, 0.25) is 0 Å². The van der Waals surface area contributed by atoms with Crippen molar-refractivity contribution in [1.29, 1.82) is 0 Å². The van der Waals surface area contributed by atoms with Crippen molar-refractivity contribution in [3.63, 3.8) is 0 Å². The SMILES string of the molecule is C.C=C.CC.CC.CCC1(C)CC(C)C2C(CC(C)C(C)C2C)C1=C(C)C. The first kappa shape index (κ1) is 31.2. The Labute approximate surface area is 175 Å². The van der Waals surface area contributed by atoms with E-state index in [9.17, 15) is 0 Å². The summed E-state index contributed by atoms with van der Waals surface area (Å²) < 4.78 is 0. The average Bonchev–Trinajstić information content (AvgIpc) is 2.64. The van der Waals surface area contributed by atoms with Crippen LogP contribution in [0.15, 0.2) is 24.3 Å². The van der Waals surface area contributed by atoms with Crippen LogP contribution in [0.1, 0.15) is 110 Å². The zero-order valence-electron chi connectivity index (χ0n) is 20.5. The van der Waals surface area contributed by atoms with Gasteiger partial charge in [-0.3, -0.25) is 0 Å². The predicted octanol–water partition coefficient (Wildman–Crippen LogP) is 9.81. The number of allylic oxidation sites excluding steroid dienone is 2. The summed E-state index contributed by atoms with van der Waals surface area (Å²) in [5.41, 5.74) is 3.92. The van der Waals surface area contributed by atoms with Crippen molar-refractivity contribution < 1.29 is 0 Å². The van der Waals surface area contributed by atoms with Crippen LogP contribution in [0, 0.1) is 40.9 Å². The van der Waals surface area contributed by atoms with Gasteiger partial charge in [0.25, 0.3) is 0 Å². The zero-order chi connectivity index (χ0) is 21.2. The van der Waals surface area contributed by atoms with Gasteiger partial charge < -0.3 is 0 Å². The molecule has 0 heteroatoms. The maximum absolute atomic E-state index is 3.00. The molecular formula is C27H56. The molecule has 2 saturated carbocycles. The molecule has 0 heterocycles. The van der Waals surface area contributed by atoms with Crippen LogP contribution in [-0.2, 0) is 0 Å².